The number of alkyl halides is 2. The Hall–Kier alpha value is -0.243. The maximum absolute atomic E-state index is 5.30. The third-order valence-corrected chi connectivity index (χ3v) is 14.5. The first-order valence-corrected chi connectivity index (χ1v) is 15.0. The van der Waals surface area contributed by atoms with Gasteiger partial charge in [-0.3, -0.25) is 0 Å². The molecule has 3 heteroatoms. The second-order valence-electron chi connectivity index (χ2n) is 10.4. The average Bonchev–Trinajstić information content (AvgIpc) is 3.23. The van der Waals surface area contributed by atoms with E-state index < -0.39 is 12.4 Å². The molecule has 3 fully saturated rings. The second kappa shape index (κ2) is 8.12. The molecule has 5 aliphatic rings. The fraction of sp³-hybridized carbons (Fsp3) is 0.680. The summed E-state index contributed by atoms with van der Waals surface area (Å²) in [6, 6.07) is 1.62. The zero-order valence-electron chi connectivity index (χ0n) is 17.7. The maximum Gasteiger partial charge on any atom is 0.112 e. The van der Waals surface area contributed by atoms with Gasteiger partial charge in [-0.1, -0.05) is 80.5 Å². The molecule has 0 amide bonds. The lowest BCUT2D eigenvalue weighted by Crippen LogP contribution is -2.47. The van der Waals surface area contributed by atoms with Gasteiger partial charge in [0.1, 0.15) is 4.33 Å². The number of rotatable bonds is 1. The highest BCUT2D eigenvalue weighted by molar-refractivity contribution is 6.81. The van der Waals surface area contributed by atoms with Gasteiger partial charge >= 0.3 is 0 Å². The van der Waals surface area contributed by atoms with Gasteiger partial charge in [-0.05, 0) is 67.4 Å². The molecule has 1 heterocycles. The predicted molar refractivity (Wildman–Crippen MR) is 127 cm³/mol. The van der Waals surface area contributed by atoms with Crippen LogP contribution in [0.5, 0.6) is 0 Å². The summed E-state index contributed by atoms with van der Waals surface area (Å²) < 4.78 is -0.556. The SMILES string of the molecule is CC(C)(Cl)Cl.C[Si]1(C2CCC3C=CC=CC32)CCCC2C3C=CC=CC3CC21. The van der Waals surface area contributed by atoms with E-state index in [9.17, 15) is 0 Å². The lowest BCUT2D eigenvalue weighted by atomic mass is 9.84. The first-order chi connectivity index (χ1) is 13.3. The van der Waals surface area contributed by atoms with Gasteiger partial charge < -0.3 is 0 Å². The van der Waals surface area contributed by atoms with E-state index in [1.54, 1.807) is 19.9 Å². The predicted octanol–water partition coefficient (Wildman–Crippen LogP) is 8.33. The zero-order valence-corrected chi connectivity index (χ0v) is 20.2. The standard InChI is InChI=1S/C22H30Si.C3H6Cl2/c1-23(21-13-12-16-7-2-5-10-19(16)21)14-6-11-20-18-9-4-3-8-17(18)15-22(20)23;1-3(2,4)5/h2-5,7-10,16-22H,6,11-15H2,1H3;1-2H3. The van der Waals surface area contributed by atoms with Crippen molar-refractivity contribution in [2.75, 3.05) is 0 Å². The van der Waals surface area contributed by atoms with Crippen LogP contribution < -0.4 is 0 Å². The van der Waals surface area contributed by atoms with Crippen molar-refractivity contribution in [1.82, 2.24) is 0 Å². The minimum atomic E-state index is -1.18. The lowest BCUT2D eigenvalue weighted by Gasteiger charge is -2.48. The zero-order chi connectivity index (χ0) is 19.9. The van der Waals surface area contributed by atoms with Gasteiger partial charge in [0.25, 0.3) is 0 Å². The van der Waals surface area contributed by atoms with Crippen molar-refractivity contribution in [2.24, 2.45) is 29.6 Å². The van der Waals surface area contributed by atoms with E-state index in [1.807, 2.05) is 0 Å². The molecule has 4 aliphatic carbocycles. The van der Waals surface area contributed by atoms with Crippen molar-refractivity contribution >= 4 is 31.3 Å². The fourth-order valence-electron chi connectivity index (χ4n) is 7.34. The van der Waals surface area contributed by atoms with Crippen molar-refractivity contribution in [1.29, 1.82) is 0 Å². The molecule has 0 nitrogen and oxygen atoms in total. The van der Waals surface area contributed by atoms with Crippen LogP contribution >= 0.6 is 23.2 Å². The summed E-state index contributed by atoms with van der Waals surface area (Å²) in [5.74, 6) is 4.55. The molecule has 0 radical (unpaired) electrons. The van der Waals surface area contributed by atoms with Crippen LogP contribution in [0.15, 0.2) is 48.6 Å². The second-order valence-corrected chi connectivity index (χ2v) is 17.5. The van der Waals surface area contributed by atoms with Gasteiger partial charge in [-0.25, -0.2) is 0 Å². The van der Waals surface area contributed by atoms with Gasteiger partial charge in [0.05, 0.1) is 8.07 Å². The molecule has 1 saturated heterocycles. The van der Waals surface area contributed by atoms with Gasteiger partial charge in [0.2, 0.25) is 0 Å². The summed E-state index contributed by atoms with van der Waals surface area (Å²) >= 11 is 10.6. The molecule has 5 rings (SSSR count). The van der Waals surface area contributed by atoms with Crippen LogP contribution in [-0.4, -0.2) is 12.4 Å². The summed E-state index contributed by atoms with van der Waals surface area (Å²) in [4.78, 5) is 0. The number of hydrogen-bond acceptors (Lipinski definition) is 0. The molecule has 154 valence electrons. The number of hydrogen-bond donors (Lipinski definition) is 0. The van der Waals surface area contributed by atoms with Crippen molar-refractivity contribution in [3.63, 3.8) is 0 Å². The van der Waals surface area contributed by atoms with E-state index in [1.165, 1.54) is 32.1 Å². The Morgan fingerprint density at radius 3 is 2.11 bits per heavy atom. The Balaban J connectivity index is 0.000000346. The first kappa shape index (κ1) is 21.0. The van der Waals surface area contributed by atoms with Crippen LogP contribution in [0.4, 0.5) is 0 Å². The van der Waals surface area contributed by atoms with Gasteiger partial charge in [0, 0.05) is 0 Å². The van der Waals surface area contributed by atoms with Crippen molar-refractivity contribution < 1.29 is 0 Å². The van der Waals surface area contributed by atoms with Gasteiger partial charge in [-0.2, -0.15) is 0 Å². The Morgan fingerprint density at radius 1 is 0.786 bits per heavy atom. The Bertz CT molecular complexity index is 679. The van der Waals surface area contributed by atoms with Crippen LogP contribution in [0.1, 0.15) is 46.0 Å². The van der Waals surface area contributed by atoms with E-state index in [0.717, 1.165) is 40.7 Å². The van der Waals surface area contributed by atoms with Crippen molar-refractivity contribution in [3.8, 4) is 0 Å². The summed E-state index contributed by atoms with van der Waals surface area (Å²) in [7, 11) is -1.18. The molecule has 28 heavy (non-hydrogen) atoms. The quantitative estimate of drug-likeness (QED) is 0.287. The van der Waals surface area contributed by atoms with E-state index >= 15 is 0 Å². The third kappa shape index (κ3) is 4.14. The average molecular weight is 436 g/mol. The van der Waals surface area contributed by atoms with E-state index in [4.69, 9.17) is 23.2 Å². The minimum Gasteiger partial charge on any atom is -0.102 e. The molecule has 1 aliphatic heterocycles. The highest BCUT2D eigenvalue weighted by Gasteiger charge is 2.57. The van der Waals surface area contributed by atoms with Crippen molar-refractivity contribution in [3.05, 3.63) is 48.6 Å². The summed E-state index contributed by atoms with van der Waals surface area (Å²) in [5.41, 5.74) is 2.16. The normalized spacial score (nSPS) is 45.8. The first-order valence-electron chi connectivity index (χ1n) is 11.4. The Morgan fingerprint density at radius 2 is 1.39 bits per heavy atom. The number of fused-ring (bicyclic) bond motifs is 4. The molecule has 0 aromatic carbocycles. The van der Waals surface area contributed by atoms with Crippen LogP contribution in [0, 0.1) is 29.6 Å². The Labute approximate surface area is 183 Å². The molecule has 8 atom stereocenters. The summed E-state index contributed by atoms with van der Waals surface area (Å²) in [5, 5.41) is 0. The number of allylic oxidation sites excluding steroid dienone is 8. The van der Waals surface area contributed by atoms with Crippen molar-refractivity contribution in [2.45, 2.75) is 74.0 Å². The molecule has 8 unspecified atom stereocenters. The molecule has 0 spiro atoms. The van der Waals surface area contributed by atoms with Crippen LogP contribution in [0.3, 0.4) is 0 Å². The molecule has 2 saturated carbocycles. The fourth-order valence-corrected chi connectivity index (χ4v) is 13.8. The smallest absolute Gasteiger partial charge is 0.102 e. The molecular formula is C25H36Cl2Si. The van der Waals surface area contributed by atoms with E-state index in [2.05, 4.69) is 55.2 Å². The van der Waals surface area contributed by atoms with E-state index in [0.29, 0.717) is 0 Å². The van der Waals surface area contributed by atoms with E-state index in [-0.39, 0.29) is 0 Å². The largest absolute Gasteiger partial charge is 0.112 e. The molecule has 0 aromatic heterocycles. The summed E-state index contributed by atoms with van der Waals surface area (Å²) in [6.07, 6.45) is 27.1. The van der Waals surface area contributed by atoms with Crippen LogP contribution in [0.2, 0.25) is 23.7 Å². The summed E-state index contributed by atoms with van der Waals surface area (Å²) in [6.45, 7) is 6.26. The van der Waals surface area contributed by atoms with Gasteiger partial charge in [-0.15, -0.1) is 23.2 Å². The monoisotopic (exact) mass is 434 g/mol. The molecular weight excluding hydrogens is 399 g/mol. The highest BCUT2D eigenvalue weighted by atomic mass is 35.5. The maximum atomic E-state index is 5.30. The topological polar surface area (TPSA) is 0 Å². The van der Waals surface area contributed by atoms with Gasteiger partial charge in [0.15, 0.2) is 0 Å². The Kier molecular flexibility index (Phi) is 6.09. The lowest BCUT2D eigenvalue weighted by molar-refractivity contribution is 0.367. The molecule has 0 N–H and O–H groups in total. The number of halogens is 2. The molecule has 0 bridgehead atoms. The highest BCUT2D eigenvalue weighted by Crippen LogP contribution is 2.64. The third-order valence-electron chi connectivity index (χ3n) is 8.35. The van der Waals surface area contributed by atoms with Crippen LogP contribution in [0.25, 0.3) is 0 Å². The minimum absolute atomic E-state index is 0.556. The molecule has 0 aromatic rings. The van der Waals surface area contributed by atoms with Crippen LogP contribution in [-0.2, 0) is 0 Å².